The van der Waals surface area contributed by atoms with Crippen LogP contribution in [0.1, 0.15) is 32.7 Å². The van der Waals surface area contributed by atoms with Crippen molar-refractivity contribution >= 4 is 11.8 Å². The van der Waals surface area contributed by atoms with E-state index in [0.29, 0.717) is 31.2 Å². The maximum Gasteiger partial charge on any atom is 0.379 e. The first-order valence-electron chi connectivity index (χ1n) is 16.9. The summed E-state index contributed by atoms with van der Waals surface area (Å²) in [4.78, 5) is 23.7. The van der Waals surface area contributed by atoms with E-state index in [4.69, 9.17) is 28.4 Å². The second-order valence-corrected chi connectivity index (χ2v) is 12.1. The highest BCUT2D eigenvalue weighted by molar-refractivity contribution is 6.40. The molecule has 1 aliphatic rings. The number of hydrogen-bond acceptors (Lipinski definition) is 11. The van der Waals surface area contributed by atoms with Crippen molar-refractivity contribution in [1.82, 2.24) is 15.0 Å². The SMILES string of the molecule is COC(=O)C(=O)c1ccc(-n2cc(COC[C@H]3O[C@H](OC)[C@H](OCc4ccccc4)[C@@H](OCc4ccccc4)[C@@H]3OCc3ccccc3)nn2)cc1. The zero-order chi connectivity index (χ0) is 36.1. The average molecular weight is 708 g/mol. The molecule has 0 spiro atoms. The Balaban J connectivity index is 1.18. The molecule has 1 aliphatic heterocycles. The fourth-order valence-electron chi connectivity index (χ4n) is 5.82. The molecule has 0 saturated carbocycles. The minimum atomic E-state index is -0.927. The zero-order valence-corrected chi connectivity index (χ0v) is 29.0. The molecule has 0 unspecified atom stereocenters. The van der Waals surface area contributed by atoms with Crippen LogP contribution in [0.3, 0.4) is 0 Å². The molecule has 0 amide bonds. The first-order chi connectivity index (χ1) is 25.5. The topological polar surface area (TPSA) is 129 Å². The Hall–Kier alpha value is -5.08. The predicted octanol–water partition coefficient (Wildman–Crippen LogP) is 5.27. The van der Waals surface area contributed by atoms with E-state index < -0.39 is 42.5 Å². The van der Waals surface area contributed by atoms with Gasteiger partial charge in [-0.15, -0.1) is 5.10 Å². The van der Waals surface area contributed by atoms with Gasteiger partial charge >= 0.3 is 5.97 Å². The van der Waals surface area contributed by atoms with Gasteiger partial charge in [-0.1, -0.05) is 96.2 Å². The van der Waals surface area contributed by atoms with Crippen LogP contribution >= 0.6 is 0 Å². The van der Waals surface area contributed by atoms with Crippen molar-refractivity contribution in [2.45, 2.75) is 57.1 Å². The number of rotatable bonds is 17. The number of hydrogen-bond donors (Lipinski definition) is 0. The number of nitrogens with zero attached hydrogens (tertiary/aromatic N) is 3. The van der Waals surface area contributed by atoms with Crippen molar-refractivity contribution in [3.8, 4) is 5.69 Å². The summed E-state index contributed by atoms with van der Waals surface area (Å²) in [7, 11) is 2.75. The van der Waals surface area contributed by atoms with Crippen molar-refractivity contribution in [3.05, 3.63) is 149 Å². The first-order valence-corrected chi connectivity index (χ1v) is 16.9. The summed E-state index contributed by atoms with van der Waals surface area (Å²) in [5.74, 6) is -1.65. The molecule has 2 heterocycles. The Labute approximate surface area is 302 Å². The van der Waals surface area contributed by atoms with Gasteiger partial charge in [0.25, 0.3) is 5.78 Å². The second-order valence-electron chi connectivity index (χ2n) is 12.1. The Morgan fingerprint density at radius 1 is 0.673 bits per heavy atom. The largest absolute Gasteiger partial charge is 0.463 e. The van der Waals surface area contributed by atoms with Gasteiger partial charge in [-0.3, -0.25) is 4.79 Å². The van der Waals surface area contributed by atoms with Crippen molar-refractivity contribution in [2.24, 2.45) is 0 Å². The molecule has 5 atom stereocenters. The lowest BCUT2D eigenvalue weighted by molar-refractivity contribution is -0.323. The van der Waals surface area contributed by atoms with Gasteiger partial charge in [0.2, 0.25) is 0 Å². The Bertz CT molecular complexity index is 1840. The van der Waals surface area contributed by atoms with Gasteiger partial charge in [0.05, 0.1) is 52.0 Å². The van der Waals surface area contributed by atoms with Crippen LogP contribution in [-0.2, 0) is 64.4 Å². The lowest BCUT2D eigenvalue weighted by atomic mass is 9.97. The van der Waals surface area contributed by atoms with Gasteiger partial charge in [-0.05, 0) is 41.0 Å². The Morgan fingerprint density at radius 3 is 1.75 bits per heavy atom. The summed E-state index contributed by atoms with van der Waals surface area (Å²) in [5, 5.41) is 8.45. The van der Waals surface area contributed by atoms with Crippen LogP contribution in [0.2, 0.25) is 0 Å². The molecule has 1 aromatic heterocycles. The van der Waals surface area contributed by atoms with Crippen LogP contribution in [0.5, 0.6) is 0 Å². The van der Waals surface area contributed by atoms with Crippen molar-refractivity contribution in [1.29, 1.82) is 0 Å². The minimum absolute atomic E-state index is 0.130. The third-order valence-electron chi connectivity index (χ3n) is 8.52. The number of ketones is 1. The quantitative estimate of drug-likeness (QED) is 0.0713. The predicted molar refractivity (Wildman–Crippen MR) is 188 cm³/mol. The van der Waals surface area contributed by atoms with Gasteiger partial charge in [0.1, 0.15) is 30.1 Å². The molecule has 270 valence electrons. The summed E-state index contributed by atoms with van der Waals surface area (Å²) in [6.07, 6.45) is -1.46. The maximum absolute atomic E-state index is 12.1. The summed E-state index contributed by atoms with van der Waals surface area (Å²) in [6.45, 7) is 1.23. The third-order valence-corrected chi connectivity index (χ3v) is 8.52. The molecule has 0 aliphatic carbocycles. The second kappa shape index (κ2) is 18.4. The molecule has 52 heavy (non-hydrogen) atoms. The molecule has 0 radical (unpaired) electrons. The smallest absolute Gasteiger partial charge is 0.379 e. The lowest BCUT2D eigenvalue weighted by Gasteiger charge is -2.45. The van der Waals surface area contributed by atoms with Gasteiger partial charge in [-0.25, -0.2) is 9.48 Å². The van der Waals surface area contributed by atoms with Gasteiger partial charge in [-0.2, -0.15) is 0 Å². The Morgan fingerprint density at radius 2 is 1.21 bits per heavy atom. The molecule has 0 bridgehead atoms. The van der Waals surface area contributed by atoms with E-state index in [1.165, 1.54) is 19.2 Å². The van der Waals surface area contributed by atoms with Gasteiger partial charge in [0, 0.05) is 12.7 Å². The van der Waals surface area contributed by atoms with E-state index >= 15 is 0 Å². The highest BCUT2D eigenvalue weighted by Crippen LogP contribution is 2.31. The molecule has 1 fully saturated rings. The summed E-state index contributed by atoms with van der Waals surface area (Å²) < 4.78 is 44.4. The monoisotopic (exact) mass is 707 g/mol. The summed E-state index contributed by atoms with van der Waals surface area (Å²) in [5.41, 5.74) is 4.43. The van der Waals surface area contributed by atoms with Crippen LogP contribution in [0.4, 0.5) is 0 Å². The number of Topliss-reactive ketones (excluding diaryl/α,β-unsaturated/α-hetero) is 1. The maximum atomic E-state index is 12.1. The van der Waals surface area contributed by atoms with E-state index in [1.807, 2.05) is 91.0 Å². The number of carbonyl (C=O) groups is 2. The number of benzene rings is 4. The first kappa shape index (κ1) is 36.7. The molecule has 12 heteroatoms. The standard InChI is InChI=1S/C40H41N3O9/c1-46-39(45)35(44)31-18-20-33(21-19-31)43-22-32(41-42-43)26-48-27-34-36(49-23-28-12-6-3-7-13-28)37(50-24-29-14-8-4-9-15-29)38(40(47-2)52-34)51-25-30-16-10-5-11-17-30/h3-22,34,36-38,40H,23-27H2,1-2H3/t34-,36-,37+,38-,40+/m1/s1. The Kier molecular flexibility index (Phi) is 13.0. The number of carbonyl (C=O) groups excluding carboxylic acids is 2. The van der Waals surface area contributed by atoms with E-state index in [9.17, 15) is 9.59 Å². The molecular formula is C40H41N3O9. The number of esters is 1. The normalized spacial score (nSPS) is 20.0. The van der Waals surface area contributed by atoms with Crippen LogP contribution in [0.25, 0.3) is 5.69 Å². The molecule has 1 saturated heterocycles. The summed E-state index contributed by atoms with van der Waals surface area (Å²) >= 11 is 0. The highest BCUT2D eigenvalue weighted by Gasteiger charge is 2.48. The summed E-state index contributed by atoms with van der Waals surface area (Å²) in [6, 6.07) is 36.1. The molecule has 12 nitrogen and oxygen atoms in total. The van der Waals surface area contributed by atoms with E-state index in [2.05, 4.69) is 15.0 Å². The van der Waals surface area contributed by atoms with Gasteiger partial charge < -0.3 is 33.2 Å². The number of aromatic nitrogens is 3. The molecular weight excluding hydrogens is 666 g/mol. The van der Waals surface area contributed by atoms with Crippen LogP contribution in [0.15, 0.2) is 121 Å². The van der Waals surface area contributed by atoms with Crippen molar-refractivity contribution < 1.29 is 42.7 Å². The van der Waals surface area contributed by atoms with Crippen molar-refractivity contribution in [2.75, 3.05) is 20.8 Å². The van der Waals surface area contributed by atoms with Crippen LogP contribution in [-0.4, -0.2) is 78.3 Å². The van der Waals surface area contributed by atoms with Crippen LogP contribution in [0, 0.1) is 0 Å². The molecule has 4 aromatic carbocycles. The van der Waals surface area contributed by atoms with E-state index in [1.54, 1.807) is 30.1 Å². The number of methoxy groups -OCH3 is 2. The van der Waals surface area contributed by atoms with E-state index in [0.717, 1.165) is 16.7 Å². The van der Waals surface area contributed by atoms with Gasteiger partial charge in [0.15, 0.2) is 6.29 Å². The van der Waals surface area contributed by atoms with E-state index in [-0.39, 0.29) is 18.8 Å². The molecule has 5 aromatic rings. The average Bonchev–Trinajstić information content (AvgIpc) is 3.68. The molecule has 0 N–H and O–H groups in total. The fraction of sp³-hybridized carbons (Fsp3) is 0.300. The third kappa shape index (κ3) is 9.62. The molecule has 6 rings (SSSR count). The fourth-order valence-corrected chi connectivity index (χ4v) is 5.82. The van der Waals surface area contributed by atoms with Crippen molar-refractivity contribution in [3.63, 3.8) is 0 Å². The van der Waals surface area contributed by atoms with Crippen LogP contribution < -0.4 is 0 Å². The number of ether oxygens (including phenoxy) is 7. The minimum Gasteiger partial charge on any atom is -0.463 e. The lowest BCUT2D eigenvalue weighted by Crippen LogP contribution is -2.61. The zero-order valence-electron chi connectivity index (χ0n) is 29.0. The highest BCUT2D eigenvalue weighted by atomic mass is 16.7.